The summed E-state index contributed by atoms with van der Waals surface area (Å²) in [6.45, 7) is -0.482. The first-order valence-corrected chi connectivity index (χ1v) is 6.51. The summed E-state index contributed by atoms with van der Waals surface area (Å²) >= 11 is 0. The summed E-state index contributed by atoms with van der Waals surface area (Å²) in [4.78, 5) is 43.5. The van der Waals surface area contributed by atoms with Crippen LogP contribution in [-0.2, 0) is 25.8 Å². The molecule has 10 nitrogen and oxygen atoms in total. The molecule has 0 saturated carbocycles. The molecule has 2 aromatic rings. The normalized spacial score (nSPS) is 13.9. The third-order valence-electron chi connectivity index (χ3n) is 3.23. The zero-order chi connectivity index (χ0) is 17.5. The molecule has 24 heavy (non-hydrogen) atoms. The number of hydrogen-bond acceptors (Lipinski definition) is 6. The predicted molar refractivity (Wildman–Crippen MR) is 68.5 cm³/mol. The van der Waals surface area contributed by atoms with E-state index in [4.69, 9.17) is 0 Å². The van der Waals surface area contributed by atoms with Crippen LogP contribution in [0.25, 0.3) is 0 Å². The van der Waals surface area contributed by atoms with E-state index in [1.54, 1.807) is 0 Å². The Balaban J connectivity index is 1.63. The first-order valence-electron chi connectivity index (χ1n) is 6.51. The molecule has 0 aromatic carbocycles. The third kappa shape index (κ3) is 3.00. The number of hydrogen-bond donors (Lipinski definition) is 3. The molecular formula is C11H9F3N6O4. The number of aromatic amines is 2. The van der Waals surface area contributed by atoms with Gasteiger partial charge in [-0.1, -0.05) is 5.16 Å². The topological polar surface area (TPSA) is 137 Å². The molecule has 0 bridgehead atoms. The third-order valence-corrected chi connectivity index (χ3v) is 3.23. The van der Waals surface area contributed by atoms with Crippen molar-refractivity contribution in [1.29, 1.82) is 0 Å². The van der Waals surface area contributed by atoms with Crippen molar-refractivity contribution in [3.05, 3.63) is 43.8 Å². The van der Waals surface area contributed by atoms with E-state index in [1.165, 1.54) is 4.90 Å². The number of fused-ring (bicyclic) bond motifs is 1. The Morgan fingerprint density at radius 3 is 2.71 bits per heavy atom. The van der Waals surface area contributed by atoms with Crippen LogP contribution in [0.4, 0.5) is 18.0 Å². The quantitative estimate of drug-likeness (QED) is 0.682. The van der Waals surface area contributed by atoms with Crippen LogP contribution in [0.2, 0.25) is 0 Å². The Morgan fingerprint density at radius 1 is 1.29 bits per heavy atom. The number of H-pyrrole nitrogens is 2. The number of alkyl halides is 3. The maximum Gasteiger partial charge on any atom is 0.455 e. The molecule has 0 unspecified atom stereocenters. The van der Waals surface area contributed by atoms with Crippen LogP contribution in [0.1, 0.15) is 23.0 Å². The lowest BCUT2D eigenvalue weighted by molar-refractivity contribution is -0.146. The predicted octanol–water partition coefficient (Wildman–Crippen LogP) is -0.310. The van der Waals surface area contributed by atoms with E-state index in [2.05, 4.69) is 25.0 Å². The van der Waals surface area contributed by atoms with Gasteiger partial charge in [0.05, 0.1) is 25.2 Å². The Bertz CT molecular complexity index is 898. The van der Waals surface area contributed by atoms with Gasteiger partial charge in [0, 0.05) is 5.69 Å². The SMILES string of the molecule is O=C(NCc1nc(C(F)(F)F)no1)N1Cc2[nH]c(=O)[nH]c(=O)c2C1. The van der Waals surface area contributed by atoms with E-state index >= 15 is 0 Å². The second kappa shape index (κ2) is 5.50. The molecule has 3 heterocycles. The summed E-state index contributed by atoms with van der Waals surface area (Å²) in [5, 5.41) is 5.05. The minimum absolute atomic E-state index is 0.0159. The Hall–Kier alpha value is -3.12. The van der Waals surface area contributed by atoms with Crippen LogP contribution < -0.4 is 16.6 Å². The highest BCUT2D eigenvalue weighted by atomic mass is 19.4. The van der Waals surface area contributed by atoms with Crippen molar-refractivity contribution >= 4 is 6.03 Å². The van der Waals surface area contributed by atoms with Crippen LogP contribution in [0.15, 0.2) is 14.1 Å². The van der Waals surface area contributed by atoms with E-state index in [0.29, 0.717) is 5.69 Å². The van der Waals surface area contributed by atoms with Gasteiger partial charge in [-0.05, 0) is 0 Å². The summed E-state index contributed by atoms with van der Waals surface area (Å²) < 4.78 is 41.4. The molecule has 0 saturated heterocycles. The van der Waals surface area contributed by atoms with Gasteiger partial charge in [-0.3, -0.25) is 9.78 Å². The van der Waals surface area contributed by atoms with Crippen molar-refractivity contribution in [2.45, 2.75) is 25.8 Å². The van der Waals surface area contributed by atoms with Gasteiger partial charge < -0.3 is 19.7 Å². The number of urea groups is 1. The minimum atomic E-state index is -4.74. The molecule has 0 atom stereocenters. The molecule has 13 heteroatoms. The standard InChI is InChI=1S/C11H9F3N6O4/c12-11(13,14)8-17-6(24-19-8)1-15-10(23)20-2-4-5(3-20)16-9(22)18-7(4)21/h1-3H2,(H,15,23)(H2,16,18,21,22). The summed E-state index contributed by atoms with van der Waals surface area (Å²) in [5.74, 6) is -1.86. The summed E-state index contributed by atoms with van der Waals surface area (Å²) in [7, 11) is 0. The van der Waals surface area contributed by atoms with E-state index in [-0.39, 0.29) is 18.7 Å². The number of rotatable bonds is 2. The van der Waals surface area contributed by atoms with Crippen molar-refractivity contribution in [3.8, 4) is 0 Å². The van der Waals surface area contributed by atoms with Gasteiger partial charge in [0.2, 0.25) is 5.89 Å². The minimum Gasteiger partial charge on any atom is -0.337 e. The molecular weight excluding hydrogens is 337 g/mol. The van der Waals surface area contributed by atoms with Crippen molar-refractivity contribution in [3.63, 3.8) is 0 Å². The molecule has 0 radical (unpaired) electrons. The lowest BCUT2D eigenvalue weighted by Crippen LogP contribution is -2.36. The fraction of sp³-hybridized carbons (Fsp3) is 0.364. The van der Waals surface area contributed by atoms with Gasteiger partial charge in [-0.15, -0.1) is 0 Å². The number of nitrogens with zero attached hydrogens (tertiary/aromatic N) is 3. The smallest absolute Gasteiger partial charge is 0.337 e. The van der Waals surface area contributed by atoms with Crippen LogP contribution in [0, 0.1) is 0 Å². The summed E-state index contributed by atoms with van der Waals surface area (Å²) in [6.07, 6.45) is -4.74. The fourth-order valence-electron chi connectivity index (χ4n) is 2.15. The molecule has 2 amide bonds. The fourth-order valence-corrected chi connectivity index (χ4v) is 2.15. The lowest BCUT2D eigenvalue weighted by Gasteiger charge is -2.14. The zero-order valence-electron chi connectivity index (χ0n) is 11.7. The van der Waals surface area contributed by atoms with E-state index in [9.17, 15) is 27.6 Å². The van der Waals surface area contributed by atoms with E-state index in [1.807, 2.05) is 4.98 Å². The second-order valence-electron chi connectivity index (χ2n) is 4.89. The lowest BCUT2D eigenvalue weighted by atomic mass is 10.3. The molecule has 2 aromatic heterocycles. The number of halogens is 3. The molecule has 1 aliphatic rings. The second-order valence-corrected chi connectivity index (χ2v) is 4.89. The van der Waals surface area contributed by atoms with Crippen molar-refractivity contribution < 1.29 is 22.5 Å². The molecule has 0 aliphatic carbocycles. The number of aromatic nitrogens is 4. The van der Waals surface area contributed by atoms with Gasteiger partial charge in [0.15, 0.2) is 0 Å². The monoisotopic (exact) mass is 346 g/mol. The zero-order valence-corrected chi connectivity index (χ0v) is 11.7. The van der Waals surface area contributed by atoms with Crippen LogP contribution in [-0.4, -0.2) is 31.0 Å². The van der Waals surface area contributed by atoms with Crippen LogP contribution >= 0.6 is 0 Å². The van der Waals surface area contributed by atoms with E-state index < -0.39 is 41.7 Å². The van der Waals surface area contributed by atoms with Crippen molar-refractivity contribution in [2.24, 2.45) is 0 Å². The molecule has 3 rings (SSSR count). The Morgan fingerprint density at radius 2 is 2.04 bits per heavy atom. The summed E-state index contributed by atoms with van der Waals surface area (Å²) in [5.41, 5.74) is -0.750. The Kier molecular flexibility index (Phi) is 3.62. The van der Waals surface area contributed by atoms with Gasteiger partial charge in [0.25, 0.3) is 11.4 Å². The van der Waals surface area contributed by atoms with Gasteiger partial charge in [-0.2, -0.15) is 18.2 Å². The van der Waals surface area contributed by atoms with E-state index in [0.717, 1.165) is 0 Å². The number of carbonyl (C=O) groups excluding carboxylic acids is 1. The highest BCUT2D eigenvalue weighted by molar-refractivity contribution is 5.74. The number of nitrogens with one attached hydrogen (secondary N) is 3. The van der Waals surface area contributed by atoms with Gasteiger partial charge in [0.1, 0.15) is 0 Å². The maximum absolute atomic E-state index is 12.3. The molecule has 128 valence electrons. The summed E-state index contributed by atoms with van der Waals surface area (Å²) in [6, 6.07) is -0.668. The molecule has 1 aliphatic heterocycles. The van der Waals surface area contributed by atoms with Crippen LogP contribution in [0.5, 0.6) is 0 Å². The largest absolute Gasteiger partial charge is 0.455 e. The maximum atomic E-state index is 12.3. The number of carbonyl (C=O) groups is 1. The average Bonchev–Trinajstić information content (AvgIpc) is 3.10. The van der Waals surface area contributed by atoms with Crippen molar-refractivity contribution in [1.82, 2.24) is 30.3 Å². The molecule has 3 N–H and O–H groups in total. The first kappa shape index (κ1) is 15.8. The van der Waals surface area contributed by atoms with Gasteiger partial charge >= 0.3 is 17.9 Å². The molecule has 0 fully saturated rings. The van der Waals surface area contributed by atoms with Gasteiger partial charge in [-0.25, -0.2) is 9.59 Å². The highest BCUT2D eigenvalue weighted by Crippen LogP contribution is 2.26. The van der Waals surface area contributed by atoms with Crippen molar-refractivity contribution in [2.75, 3.05) is 0 Å². The van der Waals surface area contributed by atoms with Crippen LogP contribution in [0.3, 0.4) is 0 Å². The average molecular weight is 346 g/mol. The first-order chi connectivity index (χ1) is 11.2. The number of amides is 2. The Labute approximate surface area is 129 Å². The highest BCUT2D eigenvalue weighted by Gasteiger charge is 2.37. The molecule has 0 spiro atoms.